The predicted octanol–water partition coefficient (Wildman–Crippen LogP) is 4.67. The molecule has 0 heterocycles. The molecule has 0 atom stereocenters. The summed E-state index contributed by atoms with van der Waals surface area (Å²) in [6.45, 7) is 4.20. The van der Waals surface area contributed by atoms with Gasteiger partial charge in [0.15, 0.2) is 4.98 Å². The van der Waals surface area contributed by atoms with Crippen LogP contribution in [0, 0.1) is 30.6 Å². The van der Waals surface area contributed by atoms with Gasteiger partial charge >= 0.3 is 5.69 Å². The van der Waals surface area contributed by atoms with Crippen molar-refractivity contribution in [2.24, 2.45) is 0 Å². The Morgan fingerprint density at radius 2 is 1.86 bits per heavy atom. The van der Waals surface area contributed by atoms with E-state index in [-0.39, 0.29) is 0 Å². The Morgan fingerprint density at radius 1 is 1.14 bits per heavy atom. The summed E-state index contributed by atoms with van der Waals surface area (Å²) in [4.78, 5) is 3.36. The number of benzene rings is 2. The molecule has 0 aliphatic heterocycles. The van der Waals surface area contributed by atoms with E-state index in [1.807, 2.05) is 50.2 Å². The standard InChI is InChI=1S/C18H18N3O/c1-13-14(2)18(22-10-6-9-19)16(12-17(13)21-20)11-15-7-4-3-5-8-15/h3-5,7-8,12H,6,10-11H2,1-2H3/q+1. The van der Waals surface area contributed by atoms with E-state index in [1.54, 1.807) is 0 Å². The summed E-state index contributed by atoms with van der Waals surface area (Å²) >= 11 is 0. The van der Waals surface area contributed by atoms with E-state index in [0.717, 1.165) is 28.0 Å². The highest BCUT2D eigenvalue weighted by molar-refractivity contribution is 5.62. The van der Waals surface area contributed by atoms with Gasteiger partial charge in [0, 0.05) is 23.6 Å². The normalized spacial score (nSPS) is 9.82. The van der Waals surface area contributed by atoms with Gasteiger partial charge in [-0.3, -0.25) is 0 Å². The number of rotatable bonds is 5. The van der Waals surface area contributed by atoms with Gasteiger partial charge in [-0.25, -0.2) is 0 Å². The topological polar surface area (TPSA) is 61.2 Å². The van der Waals surface area contributed by atoms with E-state index in [4.69, 9.17) is 10.00 Å². The maximum atomic E-state index is 9.18. The Kier molecular flexibility index (Phi) is 5.11. The fourth-order valence-corrected chi connectivity index (χ4v) is 2.39. The minimum atomic E-state index is 0.343. The zero-order valence-electron chi connectivity index (χ0n) is 12.8. The fraction of sp³-hybridized carbons (Fsp3) is 0.278. The first-order chi connectivity index (χ1) is 10.7. The van der Waals surface area contributed by atoms with E-state index in [2.05, 4.69) is 11.0 Å². The van der Waals surface area contributed by atoms with E-state index < -0.39 is 0 Å². The average molecular weight is 292 g/mol. The quantitative estimate of drug-likeness (QED) is 0.594. The van der Waals surface area contributed by atoms with Crippen LogP contribution in [0.15, 0.2) is 36.4 Å². The molecule has 2 rings (SSSR count). The number of diazo groups is 1. The Labute approximate surface area is 130 Å². The molecule has 22 heavy (non-hydrogen) atoms. The van der Waals surface area contributed by atoms with Crippen molar-refractivity contribution >= 4 is 5.69 Å². The van der Waals surface area contributed by atoms with Crippen LogP contribution in [0.2, 0.25) is 0 Å². The lowest BCUT2D eigenvalue weighted by Crippen LogP contribution is -2.03. The maximum absolute atomic E-state index is 9.18. The van der Waals surface area contributed by atoms with Crippen LogP contribution in [-0.2, 0) is 6.42 Å². The molecule has 0 saturated carbocycles. The van der Waals surface area contributed by atoms with E-state index in [9.17, 15) is 5.39 Å². The minimum Gasteiger partial charge on any atom is -0.492 e. The molecule has 110 valence electrons. The van der Waals surface area contributed by atoms with Crippen molar-refractivity contribution in [1.29, 1.82) is 10.7 Å². The maximum Gasteiger partial charge on any atom is 0.388 e. The molecular weight excluding hydrogens is 274 g/mol. The third-order valence-corrected chi connectivity index (χ3v) is 3.70. The summed E-state index contributed by atoms with van der Waals surface area (Å²) in [6, 6.07) is 14.0. The second-order valence-electron chi connectivity index (χ2n) is 5.15. The molecule has 0 amide bonds. The fourth-order valence-electron chi connectivity index (χ4n) is 2.39. The Bertz CT molecular complexity index is 740. The highest BCUT2D eigenvalue weighted by atomic mass is 16.5. The Hall–Kier alpha value is -2.85. The van der Waals surface area contributed by atoms with Crippen molar-refractivity contribution in [3.8, 4) is 11.8 Å². The summed E-state index contributed by atoms with van der Waals surface area (Å²) in [7, 11) is 0. The van der Waals surface area contributed by atoms with Gasteiger partial charge in [-0.15, -0.1) is 0 Å². The lowest BCUT2D eigenvalue weighted by Gasteiger charge is -2.14. The van der Waals surface area contributed by atoms with Gasteiger partial charge in [-0.05, 0) is 19.4 Å². The number of nitriles is 1. The van der Waals surface area contributed by atoms with Gasteiger partial charge in [0.25, 0.3) is 0 Å². The predicted molar refractivity (Wildman–Crippen MR) is 85.6 cm³/mol. The molecule has 0 aliphatic rings. The van der Waals surface area contributed by atoms with Crippen molar-refractivity contribution in [1.82, 2.24) is 0 Å². The molecule has 4 nitrogen and oxygen atoms in total. The smallest absolute Gasteiger partial charge is 0.388 e. The van der Waals surface area contributed by atoms with Crippen molar-refractivity contribution < 1.29 is 4.74 Å². The average Bonchev–Trinajstić information content (AvgIpc) is 2.54. The third kappa shape index (κ3) is 3.42. The molecule has 0 unspecified atom stereocenters. The molecule has 2 aromatic carbocycles. The van der Waals surface area contributed by atoms with Crippen molar-refractivity contribution in [2.45, 2.75) is 26.7 Å². The zero-order valence-corrected chi connectivity index (χ0v) is 12.8. The molecule has 0 radical (unpaired) electrons. The van der Waals surface area contributed by atoms with Crippen molar-refractivity contribution in [3.05, 3.63) is 63.6 Å². The first-order valence-corrected chi connectivity index (χ1v) is 7.19. The van der Waals surface area contributed by atoms with Gasteiger partial charge in [0.05, 0.1) is 18.1 Å². The van der Waals surface area contributed by atoms with Crippen molar-refractivity contribution in [3.63, 3.8) is 0 Å². The number of hydrogen-bond donors (Lipinski definition) is 0. The van der Waals surface area contributed by atoms with Crippen LogP contribution in [0.5, 0.6) is 5.75 Å². The number of ether oxygens (including phenoxy) is 1. The van der Waals surface area contributed by atoms with E-state index in [0.29, 0.717) is 25.1 Å². The van der Waals surface area contributed by atoms with Crippen LogP contribution in [0.3, 0.4) is 0 Å². The zero-order chi connectivity index (χ0) is 15.9. The molecule has 0 fully saturated rings. The Morgan fingerprint density at radius 3 is 2.50 bits per heavy atom. The van der Waals surface area contributed by atoms with Crippen LogP contribution in [-0.4, -0.2) is 6.61 Å². The van der Waals surface area contributed by atoms with E-state index >= 15 is 0 Å². The molecule has 2 aromatic rings. The lowest BCUT2D eigenvalue weighted by atomic mass is 9.97. The largest absolute Gasteiger partial charge is 0.492 e. The molecule has 0 aromatic heterocycles. The Balaban J connectivity index is 2.43. The molecule has 0 aliphatic carbocycles. The van der Waals surface area contributed by atoms with Crippen molar-refractivity contribution in [2.75, 3.05) is 6.61 Å². The minimum absolute atomic E-state index is 0.343. The lowest BCUT2D eigenvalue weighted by molar-refractivity contribution is 0.321. The monoisotopic (exact) mass is 292 g/mol. The summed E-state index contributed by atoms with van der Waals surface area (Å²) < 4.78 is 5.82. The van der Waals surface area contributed by atoms with Gasteiger partial charge in [0.1, 0.15) is 12.4 Å². The first kappa shape index (κ1) is 15.5. The summed E-state index contributed by atoms with van der Waals surface area (Å²) in [5.74, 6) is 0.781. The van der Waals surface area contributed by atoms with Crippen LogP contribution in [0.25, 0.3) is 4.98 Å². The molecule has 0 spiro atoms. The first-order valence-electron chi connectivity index (χ1n) is 7.19. The molecule has 0 saturated heterocycles. The molecule has 4 heteroatoms. The summed E-state index contributed by atoms with van der Waals surface area (Å²) in [5, 5.41) is 17.9. The molecular formula is C18H18N3O+. The second kappa shape index (κ2) is 7.24. The highest BCUT2D eigenvalue weighted by Gasteiger charge is 2.20. The van der Waals surface area contributed by atoms with Gasteiger partial charge in [0.2, 0.25) is 5.39 Å². The van der Waals surface area contributed by atoms with E-state index in [1.165, 1.54) is 0 Å². The highest BCUT2D eigenvalue weighted by Crippen LogP contribution is 2.35. The second-order valence-corrected chi connectivity index (χ2v) is 5.15. The van der Waals surface area contributed by atoms with Crippen LogP contribution >= 0.6 is 0 Å². The molecule has 0 N–H and O–H groups in total. The van der Waals surface area contributed by atoms with Gasteiger partial charge < -0.3 is 4.74 Å². The number of hydrogen-bond acceptors (Lipinski definition) is 3. The van der Waals surface area contributed by atoms with Crippen LogP contribution < -0.4 is 4.74 Å². The number of nitrogens with zero attached hydrogens (tertiary/aromatic N) is 3. The summed E-state index contributed by atoms with van der Waals surface area (Å²) in [5.41, 5.74) is 4.49. The van der Waals surface area contributed by atoms with Crippen LogP contribution in [0.4, 0.5) is 5.69 Å². The molecule has 0 bridgehead atoms. The SMILES string of the molecule is Cc1c([N+]#N)cc(Cc2ccccc2)c(OCCC#N)c1C. The van der Waals surface area contributed by atoms with Crippen LogP contribution in [0.1, 0.15) is 28.7 Å². The third-order valence-electron chi connectivity index (χ3n) is 3.70. The van der Waals surface area contributed by atoms with Gasteiger partial charge in [-0.2, -0.15) is 5.26 Å². The summed E-state index contributed by atoms with van der Waals surface area (Å²) in [6.07, 6.45) is 1.03. The van der Waals surface area contributed by atoms with Gasteiger partial charge in [-0.1, -0.05) is 30.3 Å².